The van der Waals surface area contributed by atoms with Crippen molar-refractivity contribution in [2.24, 2.45) is 5.92 Å². The van der Waals surface area contributed by atoms with E-state index in [1.807, 2.05) is 17.9 Å². The number of rotatable bonds is 4. The third-order valence-corrected chi connectivity index (χ3v) is 6.31. The van der Waals surface area contributed by atoms with Crippen LogP contribution in [0.15, 0.2) is 34.9 Å². The second-order valence-corrected chi connectivity index (χ2v) is 8.77. The van der Waals surface area contributed by atoms with Gasteiger partial charge in [0, 0.05) is 24.7 Å². The SMILES string of the molecule is Cc1ccc(C[C@H]2CCCN(C(=O)c3cc(C4CC4)nc4onc(C)c34)C2)cc1. The third-order valence-electron chi connectivity index (χ3n) is 6.31. The molecule has 2 aromatic heterocycles. The number of amides is 1. The van der Waals surface area contributed by atoms with Crippen LogP contribution in [-0.2, 0) is 6.42 Å². The highest BCUT2D eigenvalue weighted by Crippen LogP contribution is 2.40. The highest BCUT2D eigenvalue weighted by molar-refractivity contribution is 6.06. The predicted molar refractivity (Wildman–Crippen MR) is 112 cm³/mol. The number of piperidine rings is 1. The van der Waals surface area contributed by atoms with Gasteiger partial charge >= 0.3 is 0 Å². The maximum Gasteiger partial charge on any atom is 0.259 e. The minimum absolute atomic E-state index is 0.0965. The molecule has 1 saturated heterocycles. The Morgan fingerprint density at radius 3 is 2.72 bits per heavy atom. The lowest BCUT2D eigenvalue weighted by molar-refractivity contribution is 0.0675. The van der Waals surface area contributed by atoms with Crippen molar-refractivity contribution >= 4 is 17.0 Å². The number of likely N-dealkylation sites (tertiary alicyclic amines) is 1. The largest absolute Gasteiger partial charge is 0.338 e. The van der Waals surface area contributed by atoms with Crippen molar-refractivity contribution in [3.63, 3.8) is 0 Å². The van der Waals surface area contributed by atoms with Gasteiger partial charge in [-0.15, -0.1) is 0 Å². The standard InChI is InChI=1S/C24H27N3O2/c1-15-5-7-17(8-6-15)12-18-4-3-11-27(14-18)24(28)20-13-21(19-9-10-19)25-23-22(20)16(2)26-29-23/h5-8,13,18-19H,3-4,9-12,14H2,1-2H3/t18-/m1/s1. The molecule has 0 spiro atoms. The van der Waals surface area contributed by atoms with Crippen molar-refractivity contribution in [1.82, 2.24) is 15.0 Å². The smallest absolute Gasteiger partial charge is 0.259 e. The highest BCUT2D eigenvalue weighted by atomic mass is 16.5. The Morgan fingerprint density at radius 2 is 1.97 bits per heavy atom. The van der Waals surface area contributed by atoms with Crippen molar-refractivity contribution in [1.29, 1.82) is 0 Å². The van der Waals surface area contributed by atoms with Crippen molar-refractivity contribution in [2.45, 2.75) is 51.9 Å². The van der Waals surface area contributed by atoms with E-state index in [9.17, 15) is 4.79 Å². The molecule has 0 unspecified atom stereocenters. The number of aromatic nitrogens is 2. The summed E-state index contributed by atoms with van der Waals surface area (Å²) in [6.07, 6.45) is 5.52. The van der Waals surface area contributed by atoms with Gasteiger partial charge in [0.2, 0.25) is 0 Å². The van der Waals surface area contributed by atoms with Crippen LogP contribution in [0.3, 0.4) is 0 Å². The Kier molecular flexibility index (Phi) is 4.61. The normalized spacial score (nSPS) is 19.7. The molecule has 0 bridgehead atoms. The van der Waals surface area contributed by atoms with E-state index in [2.05, 4.69) is 41.3 Å². The van der Waals surface area contributed by atoms with Crippen LogP contribution in [0.4, 0.5) is 0 Å². The molecule has 1 aliphatic heterocycles. The topological polar surface area (TPSA) is 59.2 Å². The van der Waals surface area contributed by atoms with Crippen molar-refractivity contribution in [2.75, 3.05) is 13.1 Å². The molecule has 1 amide bonds. The molecule has 5 rings (SSSR count). The number of benzene rings is 1. The van der Waals surface area contributed by atoms with Crippen LogP contribution < -0.4 is 0 Å². The van der Waals surface area contributed by atoms with Crippen molar-refractivity contribution < 1.29 is 9.32 Å². The zero-order valence-corrected chi connectivity index (χ0v) is 17.1. The highest BCUT2D eigenvalue weighted by Gasteiger charge is 2.31. The molecule has 1 atom stereocenters. The van der Waals surface area contributed by atoms with E-state index in [4.69, 9.17) is 4.52 Å². The molecule has 0 N–H and O–H groups in total. The molecule has 0 radical (unpaired) electrons. The number of pyridine rings is 1. The zero-order valence-electron chi connectivity index (χ0n) is 17.1. The molecule has 2 fully saturated rings. The van der Waals surface area contributed by atoms with Crippen LogP contribution in [0.25, 0.3) is 11.1 Å². The summed E-state index contributed by atoms with van der Waals surface area (Å²) in [4.78, 5) is 20.2. The van der Waals surface area contributed by atoms with Crippen LogP contribution in [0, 0.1) is 19.8 Å². The Hall–Kier alpha value is -2.69. The summed E-state index contributed by atoms with van der Waals surface area (Å²) >= 11 is 0. The summed E-state index contributed by atoms with van der Waals surface area (Å²) in [5, 5.41) is 4.85. The van der Waals surface area contributed by atoms with Gasteiger partial charge in [-0.1, -0.05) is 35.0 Å². The summed E-state index contributed by atoms with van der Waals surface area (Å²) < 4.78 is 5.42. The lowest BCUT2D eigenvalue weighted by atomic mass is 9.90. The summed E-state index contributed by atoms with van der Waals surface area (Å²) in [5.74, 6) is 1.06. The lowest BCUT2D eigenvalue weighted by Crippen LogP contribution is -2.40. The molecule has 3 heterocycles. The average molecular weight is 389 g/mol. The Labute approximate surface area is 171 Å². The van der Waals surface area contributed by atoms with Gasteiger partial charge in [-0.05, 0) is 63.5 Å². The second-order valence-electron chi connectivity index (χ2n) is 8.77. The van der Waals surface area contributed by atoms with E-state index < -0.39 is 0 Å². The summed E-state index contributed by atoms with van der Waals surface area (Å²) in [6, 6.07) is 10.8. The quantitative estimate of drug-likeness (QED) is 0.642. The first kappa shape index (κ1) is 18.3. The van der Waals surface area contributed by atoms with Crippen LogP contribution in [0.1, 0.15) is 64.5 Å². The number of carbonyl (C=O) groups excluding carboxylic acids is 1. The van der Waals surface area contributed by atoms with Gasteiger partial charge in [0.05, 0.1) is 16.6 Å². The molecule has 1 aliphatic carbocycles. The molecule has 1 saturated carbocycles. The first-order valence-corrected chi connectivity index (χ1v) is 10.7. The number of fused-ring (bicyclic) bond motifs is 1. The van der Waals surface area contributed by atoms with E-state index in [0.29, 0.717) is 23.1 Å². The maximum absolute atomic E-state index is 13.5. The molecule has 1 aromatic carbocycles. The first-order chi connectivity index (χ1) is 14.1. The van der Waals surface area contributed by atoms with E-state index in [-0.39, 0.29) is 5.91 Å². The van der Waals surface area contributed by atoms with Gasteiger partial charge < -0.3 is 9.42 Å². The fourth-order valence-corrected chi connectivity index (χ4v) is 4.51. The second kappa shape index (κ2) is 7.29. The van der Waals surface area contributed by atoms with E-state index in [1.165, 1.54) is 17.5 Å². The van der Waals surface area contributed by atoms with Crippen LogP contribution in [0.2, 0.25) is 0 Å². The van der Waals surface area contributed by atoms with Crippen LogP contribution >= 0.6 is 0 Å². The van der Waals surface area contributed by atoms with Gasteiger partial charge in [0.25, 0.3) is 11.6 Å². The van der Waals surface area contributed by atoms with Crippen LogP contribution in [-0.4, -0.2) is 34.0 Å². The number of hydrogen-bond acceptors (Lipinski definition) is 4. The van der Waals surface area contributed by atoms with Gasteiger partial charge in [0.1, 0.15) is 0 Å². The molecular formula is C24H27N3O2. The zero-order chi connectivity index (χ0) is 20.0. The van der Waals surface area contributed by atoms with Gasteiger partial charge in [-0.25, -0.2) is 4.98 Å². The van der Waals surface area contributed by atoms with Gasteiger partial charge in [0.15, 0.2) is 0 Å². The molecule has 5 nitrogen and oxygen atoms in total. The van der Waals surface area contributed by atoms with Crippen molar-refractivity contribution in [3.05, 3.63) is 58.4 Å². The molecule has 3 aromatic rings. The summed E-state index contributed by atoms with van der Waals surface area (Å²) in [7, 11) is 0. The predicted octanol–water partition coefficient (Wildman–Crippen LogP) is 4.81. The van der Waals surface area contributed by atoms with E-state index >= 15 is 0 Å². The Morgan fingerprint density at radius 1 is 1.17 bits per heavy atom. The first-order valence-electron chi connectivity index (χ1n) is 10.7. The Balaban J connectivity index is 1.40. The maximum atomic E-state index is 13.5. The summed E-state index contributed by atoms with van der Waals surface area (Å²) in [6.45, 7) is 5.62. The number of aryl methyl sites for hydroxylation is 2. The van der Waals surface area contributed by atoms with Gasteiger partial charge in [-0.3, -0.25) is 4.79 Å². The molecular weight excluding hydrogens is 362 g/mol. The molecule has 29 heavy (non-hydrogen) atoms. The van der Waals surface area contributed by atoms with Crippen LogP contribution in [0.5, 0.6) is 0 Å². The van der Waals surface area contributed by atoms with Gasteiger partial charge in [-0.2, -0.15) is 0 Å². The Bertz CT molecular complexity index is 1050. The van der Waals surface area contributed by atoms with Crippen molar-refractivity contribution in [3.8, 4) is 0 Å². The summed E-state index contributed by atoms with van der Waals surface area (Å²) in [5.41, 5.74) is 5.57. The number of carbonyl (C=O) groups is 1. The fraction of sp³-hybridized carbons (Fsp3) is 0.458. The number of nitrogens with zero attached hydrogens (tertiary/aromatic N) is 3. The monoisotopic (exact) mass is 389 g/mol. The number of hydrogen-bond donors (Lipinski definition) is 0. The molecule has 5 heteroatoms. The average Bonchev–Trinajstić information content (AvgIpc) is 3.52. The van der Waals surface area contributed by atoms with E-state index in [0.717, 1.165) is 55.5 Å². The molecule has 150 valence electrons. The minimum atomic E-state index is 0.0965. The third kappa shape index (κ3) is 3.66. The minimum Gasteiger partial charge on any atom is -0.338 e. The van der Waals surface area contributed by atoms with E-state index in [1.54, 1.807) is 0 Å². The molecule has 2 aliphatic rings. The lowest BCUT2D eigenvalue weighted by Gasteiger charge is -2.33. The fourth-order valence-electron chi connectivity index (χ4n) is 4.51.